The van der Waals surface area contributed by atoms with Crippen LogP contribution in [0, 0.1) is 0 Å². The van der Waals surface area contributed by atoms with E-state index in [4.69, 9.17) is 9.47 Å². The highest BCUT2D eigenvalue weighted by Gasteiger charge is 2.23. The molecule has 86 valence electrons. The molecule has 3 rings (SSSR count). The first-order valence-corrected chi connectivity index (χ1v) is 5.68. The van der Waals surface area contributed by atoms with Crippen LogP contribution in [0.1, 0.15) is 24.3 Å². The molecular weight excluding hydrogens is 206 g/mol. The zero-order valence-electron chi connectivity index (χ0n) is 9.03. The average molecular weight is 221 g/mol. The molecule has 4 nitrogen and oxygen atoms in total. The maximum atomic E-state index is 9.96. The highest BCUT2D eigenvalue weighted by Crippen LogP contribution is 2.41. The quantitative estimate of drug-likeness (QED) is 0.756. The fourth-order valence-corrected chi connectivity index (χ4v) is 2.39. The summed E-state index contributed by atoms with van der Waals surface area (Å²) in [5.41, 5.74) is 0.969. The largest absolute Gasteiger partial charge is 0.508 e. The summed E-state index contributed by atoms with van der Waals surface area (Å²) in [5, 5.41) is 13.3. The lowest BCUT2D eigenvalue weighted by Gasteiger charge is -2.23. The Morgan fingerprint density at radius 3 is 2.81 bits per heavy atom. The van der Waals surface area contributed by atoms with Crippen molar-refractivity contribution < 1.29 is 14.6 Å². The third kappa shape index (κ3) is 1.59. The molecule has 1 aromatic rings. The molecular formula is C12H15NO3. The molecule has 16 heavy (non-hydrogen) atoms. The number of benzene rings is 1. The zero-order chi connectivity index (χ0) is 11.0. The van der Waals surface area contributed by atoms with Crippen LogP contribution in [0.3, 0.4) is 0 Å². The van der Waals surface area contributed by atoms with E-state index in [9.17, 15) is 5.11 Å². The number of nitrogens with one attached hydrogen (secondary N) is 1. The Labute approximate surface area is 94.2 Å². The molecule has 0 saturated carbocycles. The van der Waals surface area contributed by atoms with E-state index in [1.165, 1.54) is 0 Å². The number of ether oxygens (including phenoxy) is 2. The van der Waals surface area contributed by atoms with E-state index in [2.05, 4.69) is 5.32 Å². The minimum atomic E-state index is 0.251. The Morgan fingerprint density at radius 1 is 1.25 bits per heavy atom. The van der Waals surface area contributed by atoms with E-state index in [1.807, 2.05) is 6.07 Å². The topological polar surface area (TPSA) is 50.7 Å². The van der Waals surface area contributed by atoms with Crippen molar-refractivity contribution in [1.29, 1.82) is 0 Å². The third-order valence-corrected chi connectivity index (χ3v) is 3.26. The minimum absolute atomic E-state index is 0.251. The first-order valence-electron chi connectivity index (χ1n) is 5.68. The second kappa shape index (κ2) is 3.87. The predicted octanol–water partition coefficient (Wildman–Crippen LogP) is 1.59. The maximum Gasteiger partial charge on any atom is 0.231 e. The van der Waals surface area contributed by atoms with Gasteiger partial charge in [-0.3, -0.25) is 0 Å². The Bertz CT molecular complexity index is 399. The van der Waals surface area contributed by atoms with E-state index in [-0.39, 0.29) is 6.79 Å². The summed E-state index contributed by atoms with van der Waals surface area (Å²) in [6.07, 6.45) is 2.26. The molecule has 1 aromatic carbocycles. The summed E-state index contributed by atoms with van der Waals surface area (Å²) in [5.74, 6) is 2.09. The highest BCUT2D eigenvalue weighted by atomic mass is 16.7. The lowest BCUT2D eigenvalue weighted by Crippen LogP contribution is -2.28. The Balaban J connectivity index is 1.94. The number of aromatic hydroxyl groups is 1. The van der Waals surface area contributed by atoms with Gasteiger partial charge in [-0.1, -0.05) is 0 Å². The van der Waals surface area contributed by atoms with E-state index in [1.54, 1.807) is 6.07 Å². The second-order valence-corrected chi connectivity index (χ2v) is 4.31. The normalized spacial score (nSPS) is 23.4. The van der Waals surface area contributed by atoms with Crippen molar-refractivity contribution in [3.63, 3.8) is 0 Å². The van der Waals surface area contributed by atoms with E-state index in [0.29, 0.717) is 17.4 Å². The summed E-state index contributed by atoms with van der Waals surface area (Å²) in [7, 11) is 0. The molecule has 2 aliphatic rings. The number of piperidine rings is 1. The van der Waals surface area contributed by atoms with E-state index < -0.39 is 0 Å². The number of rotatable bonds is 1. The van der Waals surface area contributed by atoms with E-state index >= 15 is 0 Å². The molecule has 1 atom stereocenters. The molecule has 0 spiro atoms. The van der Waals surface area contributed by atoms with Crippen LogP contribution in [0.4, 0.5) is 0 Å². The number of hydrogen-bond acceptors (Lipinski definition) is 4. The van der Waals surface area contributed by atoms with Crippen LogP contribution in [0.2, 0.25) is 0 Å². The average Bonchev–Trinajstić information content (AvgIpc) is 2.76. The molecule has 0 radical (unpaired) electrons. The van der Waals surface area contributed by atoms with Crippen LogP contribution in [0.15, 0.2) is 12.1 Å². The van der Waals surface area contributed by atoms with Gasteiger partial charge in [0.05, 0.1) is 0 Å². The van der Waals surface area contributed by atoms with Crippen molar-refractivity contribution in [2.75, 3.05) is 19.9 Å². The van der Waals surface area contributed by atoms with Crippen LogP contribution in [0.5, 0.6) is 17.2 Å². The highest BCUT2D eigenvalue weighted by molar-refractivity contribution is 5.52. The molecule has 1 fully saturated rings. The van der Waals surface area contributed by atoms with Gasteiger partial charge in [-0.25, -0.2) is 0 Å². The van der Waals surface area contributed by atoms with Crippen molar-refractivity contribution in [3.8, 4) is 17.2 Å². The van der Waals surface area contributed by atoms with Gasteiger partial charge in [0.2, 0.25) is 6.79 Å². The fraction of sp³-hybridized carbons (Fsp3) is 0.500. The van der Waals surface area contributed by atoms with Gasteiger partial charge in [-0.05, 0) is 25.5 Å². The first kappa shape index (κ1) is 9.78. The first-order chi connectivity index (χ1) is 7.84. The summed E-state index contributed by atoms with van der Waals surface area (Å²) in [4.78, 5) is 0. The molecule has 2 heterocycles. The van der Waals surface area contributed by atoms with Crippen molar-refractivity contribution in [2.45, 2.75) is 18.8 Å². The Morgan fingerprint density at radius 2 is 2.06 bits per heavy atom. The van der Waals surface area contributed by atoms with Gasteiger partial charge in [0.1, 0.15) is 5.75 Å². The SMILES string of the molecule is Oc1cc2c(cc1C1CCCNC1)OCO2. The summed E-state index contributed by atoms with van der Waals surface area (Å²) in [6, 6.07) is 3.57. The van der Waals surface area contributed by atoms with Crippen LogP contribution in [-0.2, 0) is 0 Å². The van der Waals surface area contributed by atoms with Crippen LogP contribution >= 0.6 is 0 Å². The van der Waals surface area contributed by atoms with Gasteiger partial charge in [0.25, 0.3) is 0 Å². The number of phenolic OH excluding ortho intramolecular Hbond substituents is 1. The van der Waals surface area contributed by atoms with Crippen molar-refractivity contribution in [2.24, 2.45) is 0 Å². The van der Waals surface area contributed by atoms with Crippen molar-refractivity contribution in [3.05, 3.63) is 17.7 Å². The Kier molecular flexibility index (Phi) is 2.36. The van der Waals surface area contributed by atoms with Gasteiger partial charge in [-0.15, -0.1) is 0 Å². The molecule has 0 amide bonds. The number of phenols is 1. The second-order valence-electron chi connectivity index (χ2n) is 4.31. The molecule has 2 aliphatic heterocycles. The summed E-state index contributed by atoms with van der Waals surface area (Å²) < 4.78 is 10.6. The minimum Gasteiger partial charge on any atom is -0.508 e. The molecule has 2 N–H and O–H groups in total. The smallest absolute Gasteiger partial charge is 0.231 e. The van der Waals surface area contributed by atoms with Gasteiger partial charge in [-0.2, -0.15) is 0 Å². The lowest BCUT2D eigenvalue weighted by molar-refractivity contribution is 0.174. The van der Waals surface area contributed by atoms with Gasteiger partial charge < -0.3 is 19.9 Å². The molecule has 0 aromatic heterocycles. The predicted molar refractivity (Wildman–Crippen MR) is 59.1 cm³/mol. The van der Waals surface area contributed by atoms with Crippen LogP contribution in [-0.4, -0.2) is 25.0 Å². The van der Waals surface area contributed by atoms with Gasteiger partial charge in [0.15, 0.2) is 11.5 Å². The number of fused-ring (bicyclic) bond motifs is 1. The van der Waals surface area contributed by atoms with Crippen LogP contribution in [0.25, 0.3) is 0 Å². The zero-order valence-corrected chi connectivity index (χ0v) is 9.03. The number of hydrogen-bond donors (Lipinski definition) is 2. The molecule has 1 unspecified atom stereocenters. The van der Waals surface area contributed by atoms with Crippen LogP contribution < -0.4 is 14.8 Å². The Hall–Kier alpha value is -1.42. The van der Waals surface area contributed by atoms with E-state index in [0.717, 1.165) is 37.2 Å². The summed E-state index contributed by atoms with van der Waals surface area (Å²) in [6.45, 7) is 2.25. The standard InChI is InChI=1S/C12H15NO3/c14-10-5-12-11(15-7-16-12)4-9(10)8-2-1-3-13-6-8/h4-5,8,13-14H,1-3,6-7H2. The molecule has 0 bridgehead atoms. The summed E-state index contributed by atoms with van der Waals surface area (Å²) >= 11 is 0. The molecule has 1 saturated heterocycles. The molecule has 0 aliphatic carbocycles. The van der Waals surface area contributed by atoms with Crippen molar-refractivity contribution in [1.82, 2.24) is 5.32 Å². The van der Waals surface area contributed by atoms with Gasteiger partial charge >= 0.3 is 0 Å². The van der Waals surface area contributed by atoms with Crippen molar-refractivity contribution >= 4 is 0 Å². The fourth-order valence-electron chi connectivity index (χ4n) is 2.39. The maximum absolute atomic E-state index is 9.96. The monoisotopic (exact) mass is 221 g/mol. The molecule has 4 heteroatoms. The third-order valence-electron chi connectivity index (χ3n) is 3.26. The van der Waals surface area contributed by atoms with Gasteiger partial charge in [0, 0.05) is 24.1 Å². The lowest BCUT2D eigenvalue weighted by atomic mass is 9.91.